The van der Waals surface area contributed by atoms with Gasteiger partial charge >= 0.3 is 0 Å². The van der Waals surface area contributed by atoms with E-state index < -0.39 is 0 Å². The number of aryl methyl sites for hydroxylation is 1. The molecule has 0 saturated carbocycles. The molecule has 2 aliphatic rings. The van der Waals surface area contributed by atoms with Crippen molar-refractivity contribution < 1.29 is 14.3 Å². The number of ketones is 1. The first-order valence-corrected chi connectivity index (χ1v) is 9.88. The number of aromatic nitrogens is 3. The molecular weight excluding hydrogens is 352 g/mol. The number of nitrogens with zero attached hydrogens (tertiary/aromatic N) is 2. The highest BCUT2D eigenvalue weighted by Gasteiger charge is 2.27. The van der Waals surface area contributed by atoms with Gasteiger partial charge in [-0.2, -0.15) is 5.10 Å². The molecule has 2 unspecified atom stereocenters. The first-order valence-electron chi connectivity index (χ1n) is 9.07. The molecule has 2 N–H and O–H groups in total. The van der Waals surface area contributed by atoms with Crippen LogP contribution < -0.4 is 5.32 Å². The molecule has 2 aromatic heterocycles. The average Bonchev–Trinajstić information content (AvgIpc) is 3.28. The molecule has 8 heteroatoms. The number of fused-ring (bicyclic) bond motifs is 1. The topological polar surface area (TPSA) is 97.0 Å². The number of anilines is 1. The molecule has 1 saturated heterocycles. The summed E-state index contributed by atoms with van der Waals surface area (Å²) in [5.74, 6) is 0.223. The number of aromatic amines is 1. The number of ether oxygens (including phenoxy) is 1. The van der Waals surface area contributed by atoms with E-state index in [1.165, 1.54) is 11.3 Å². The Kier molecular flexibility index (Phi) is 4.86. The van der Waals surface area contributed by atoms with Gasteiger partial charge in [0.15, 0.2) is 16.6 Å². The third-order valence-corrected chi connectivity index (χ3v) is 6.04. The predicted octanol–water partition coefficient (Wildman–Crippen LogP) is 2.85. The van der Waals surface area contributed by atoms with Gasteiger partial charge in [-0.25, -0.2) is 4.98 Å². The van der Waals surface area contributed by atoms with Crippen LogP contribution in [0.2, 0.25) is 0 Å². The molecular formula is C18H22N4O3S. The molecule has 0 spiro atoms. The van der Waals surface area contributed by atoms with Gasteiger partial charge in [0.1, 0.15) is 0 Å². The second-order valence-corrected chi connectivity index (χ2v) is 8.17. The van der Waals surface area contributed by atoms with Crippen molar-refractivity contribution in [3.63, 3.8) is 0 Å². The number of hydrogen-bond donors (Lipinski definition) is 2. The predicted molar refractivity (Wildman–Crippen MR) is 97.7 cm³/mol. The smallest absolute Gasteiger partial charge is 0.278 e. The van der Waals surface area contributed by atoms with Gasteiger partial charge < -0.3 is 4.74 Å². The van der Waals surface area contributed by atoms with Crippen molar-refractivity contribution in [3.05, 3.63) is 28.0 Å². The maximum Gasteiger partial charge on any atom is 0.278 e. The zero-order chi connectivity index (χ0) is 18.1. The molecule has 1 amide bonds. The SMILES string of the molecule is CC1CCc2[nH]nc(C(=O)Nc3ncc(C(=O)C4CCCOC4)s3)c2C1. The van der Waals surface area contributed by atoms with E-state index in [0.29, 0.717) is 28.2 Å². The first kappa shape index (κ1) is 17.4. The fourth-order valence-corrected chi connectivity index (χ4v) is 4.44. The maximum atomic E-state index is 12.6. The molecule has 1 fully saturated rings. The second kappa shape index (κ2) is 7.28. The number of hydrogen-bond acceptors (Lipinski definition) is 6. The third kappa shape index (κ3) is 3.43. The van der Waals surface area contributed by atoms with Crippen LogP contribution in [0.1, 0.15) is 57.6 Å². The van der Waals surface area contributed by atoms with E-state index in [2.05, 4.69) is 27.4 Å². The van der Waals surface area contributed by atoms with Crippen LogP contribution >= 0.6 is 11.3 Å². The number of nitrogens with one attached hydrogen (secondary N) is 2. The first-order chi connectivity index (χ1) is 12.6. The number of rotatable bonds is 4. The van der Waals surface area contributed by atoms with Gasteiger partial charge in [0.2, 0.25) is 0 Å². The van der Waals surface area contributed by atoms with Gasteiger partial charge in [-0.3, -0.25) is 20.0 Å². The van der Waals surface area contributed by atoms with Crippen LogP contribution in [0.4, 0.5) is 5.13 Å². The molecule has 2 atom stereocenters. The molecule has 4 rings (SSSR count). The van der Waals surface area contributed by atoms with Gasteiger partial charge in [0.05, 0.1) is 17.7 Å². The summed E-state index contributed by atoms with van der Waals surface area (Å²) in [4.78, 5) is 29.9. The molecule has 2 aromatic rings. The lowest BCUT2D eigenvalue weighted by molar-refractivity contribution is 0.0464. The summed E-state index contributed by atoms with van der Waals surface area (Å²) in [6, 6.07) is 0. The second-order valence-electron chi connectivity index (χ2n) is 7.14. The molecule has 7 nitrogen and oxygen atoms in total. The van der Waals surface area contributed by atoms with Crippen LogP contribution in [0.5, 0.6) is 0 Å². The van der Waals surface area contributed by atoms with Crippen molar-refractivity contribution in [3.8, 4) is 0 Å². The molecule has 138 valence electrons. The molecule has 0 aromatic carbocycles. The van der Waals surface area contributed by atoms with Crippen molar-refractivity contribution in [1.29, 1.82) is 0 Å². The molecule has 26 heavy (non-hydrogen) atoms. The third-order valence-electron chi connectivity index (χ3n) is 5.11. The molecule has 1 aliphatic heterocycles. The zero-order valence-electron chi connectivity index (χ0n) is 14.7. The lowest BCUT2D eigenvalue weighted by Crippen LogP contribution is -2.24. The van der Waals surface area contributed by atoms with E-state index >= 15 is 0 Å². The van der Waals surface area contributed by atoms with Crippen molar-refractivity contribution in [1.82, 2.24) is 15.2 Å². The minimum absolute atomic E-state index is 0.0497. The molecule has 1 aliphatic carbocycles. The van der Waals surface area contributed by atoms with Crippen LogP contribution in [0.3, 0.4) is 0 Å². The fourth-order valence-electron chi connectivity index (χ4n) is 3.61. The molecule has 3 heterocycles. The number of amides is 1. The van der Waals surface area contributed by atoms with Crippen LogP contribution in [-0.2, 0) is 17.6 Å². The highest BCUT2D eigenvalue weighted by atomic mass is 32.1. The Balaban J connectivity index is 1.45. The van der Waals surface area contributed by atoms with E-state index in [4.69, 9.17) is 4.74 Å². The average molecular weight is 374 g/mol. The van der Waals surface area contributed by atoms with Crippen LogP contribution in [0.15, 0.2) is 6.20 Å². The monoisotopic (exact) mass is 374 g/mol. The Morgan fingerprint density at radius 3 is 3.08 bits per heavy atom. The van der Waals surface area contributed by atoms with Crippen molar-refractivity contribution in [2.24, 2.45) is 11.8 Å². The zero-order valence-corrected chi connectivity index (χ0v) is 15.5. The Morgan fingerprint density at radius 2 is 2.27 bits per heavy atom. The van der Waals surface area contributed by atoms with Crippen LogP contribution in [0, 0.1) is 11.8 Å². The number of carbonyl (C=O) groups is 2. The summed E-state index contributed by atoms with van der Waals surface area (Å²) in [6.45, 7) is 3.38. The largest absolute Gasteiger partial charge is 0.381 e. The Hall–Kier alpha value is -2.06. The normalized spacial score (nSPS) is 22.7. The Morgan fingerprint density at radius 1 is 1.38 bits per heavy atom. The number of H-pyrrole nitrogens is 1. The summed E-state index contributed by atoms with van der Waals surface area (Å²) in [5, 5.41) is 10.4. The van der Waals surface area contributed by atoms with E-state index in [1.807, 2.05) is 0 Å². The Bertz CT molecular complexity index is 822. The van der Waals surface area contributed by atoms with Gasteiger partial charge in [-0.15, -0.1) is 0 Å². The van der Waals surface area contributed by atoms with E-state index in [0.717, 1.165) is 50.0 Å². The van der Waals surface area contributed by atoms with Crippen molar-refractivity contribution in [2.45, 2.75) is 39.0 Å². The summed E-state index contributed by atoms with van der Waals surface area (Å²) < 4.78 is 5.39. The highest BCUT2D eigenvalue weighted by Crippen LogP contribution is 2.28. The molecule has 0 radical (unpaired) electrons. The molecule has 0 bridgehead atoms. The summed E-state index contributed by atoms with van der Waals surface area (Å²) >= 11 is 1.21. The minimum Gasteiger partial charge on any atom is -0.381 e. The fraction of sp³-hybridized carbons (Fsp3) is 0.556. The van der Waals surface area contributed by atoms with Gasteiger partial charge in [0, 0.05) is 23.8 Å². The standard InChI is InChI=1S/C18H22N4O3S/c1-10-4-5-13-12(7-10)15(22-21-13)17(24)20-18-19-8-14(26-18)16(23)11-3-2-6-25-9-11/h8,10-11H,2-7,9H2,1H3,(H,21,22)(H,19,20,24). The van der Waals surface area contributed by atoms with Crippen LogP contribution in [-0.4, -0.2) is 40.1 Å². The lowest BCUT2D eigenvalue weighted by Gasteiger charge is -2.19. The highest BCUT2D eigenvalue weighted by molar-refractivity contribution is 7.17. The van der Waals surface area contributed by atoms with E-state index in [9.17, 15) is 9.59 Å². The van der Waals surface area contributed by atoms with Crippen molar-refractivity contribution >= 4 is 28.2 Å². The summed E-state index contributed by atoms with van der Waals surface area (Å²) in [5.41, 5.74) is 2.50. The van der Waals surface area contributed by atoms with Gasteiger partial charge in [-0.05, 0) is 38.0 Å². The summed E-state index contributed by atoms with van der Waals surface area (Å²) in [7, 11) is 0. The quantitative estimate of drug-likeness (QED) is 0.802. The minimum atomic E-state index is -0.272. The number of carbonyl (C=O) groups excluding carboxylic acids is 2. The lowest BCUT2D eigenvalue weighted by atomic mass is 9.88. The Labute approximate surface area is 155 Å². The maximum absolute atomic E-state index is 12.6. The van der Waals surface area contributed by atoms with Crippen molar-refractivity contribution in [2.75, 3.05) is 18.5 Å². The van der Waals surface area contributed by atoms with E-state index in [-0.39, 0.29) is 17.6 Å². The van der Waals surface area contributed by atoms with Gasteiger partial charge in [-0.1, -0.05) is 18.3 Å². The van der Waals surface area contributed by atoms with Gasteiger partial charge in [0.25, 0.3) is 5.91 Å². The van der Waals surface area contributed by atoms with E-state index in [1.54, 1.807) is 6.20 Å². The van der Waals surface area contributed by atoms with Crippen LogP contribution in [0.25, 0.3) is 0 Å². The number of thiazole rings is 1. The number of Topliss-reactive ketones (excluding diaryl/α,β-unsaturated/α-hetero) is 1. The summed E-state index contributed by atoms with van der Waals surface area (Å²) in [6.07, 6.45) is 6.18.